The predicted molar refractivity (Wildman–Crippen MR) is 57.8 cm³/mol. The lowest BCUT2D eigenvalue weighted by Crippen LogP contribution is -2.20. The summed E-state index contributed by atoms with van der Waals surface area (Å²) >= 11 is 0. The van der Waals surface area contributed by atoms with Gasteiger partial charge in [-0.2, -0.15) is 0 Å². The summed E-state index contributed by atoms with van der Waals surface area (Å²) in [6, 6.07) is 2.91. The molecule has 5 heteroatoms. The number of carbonyl (C=O) groups is 1. The van der Waals surface area contributed by atoms with Gasteiger partial charge in [0.2, 0.25) is 5.91 Å². The number of rotatable bonds is 4. The number of hydrogen-bond acceptors (Lipinski definition) is 2. The highest BCUT2D eigenvalue weighted by Crippen LogP contribution is 2.16. The van der Waals surface area contributed by atoms with Crippen molar-refractivity contribution in [3.05, 3.63) is 29.8 Å². The van der Waals surface area contributed by atoms with Crippen LogP contribution in [-0.2, 0) is 4.79 Å². The molecule has 0 aliphatic rings. The van der Waals surface area contributed by atoms with Crippen molar-refractivity contribution in [3.8, 4) is 0 Å². The van der Waals surface area contributed by atoms with E-state index < -0.39 is 11.6 Å². The Morgan fingerprint density at radius 3 is 2.81 bits per heavy atom. The first-order valence-electron chi connectivity index (χ1n) is 4.98. The molecule has 0 aliphatic heterocycles. The van der Waals surface area contributed by atoms with Gasteiger partial charge in [0.1, 0.15) is 11.6 Å². The highest BCUT2D eigenvalue weighted by molar-refractivity contribution is 5.90. The lowest BCUT2D eigenvalue weighted by molar-refractivity contribution is -0.116. The van der Waals surface area contributed by atoms with Crippen LogP contribution in [-0.4, -0.2) is 12.5 Å². The summed E-state index contributed by atoms with van der Waals surface area (Å²) < 4.78 is 25.9. The standard InChI is InChI=1S/C11H14F2N2O/c1-7(6-14)4-11(16)15-10-5-8(12)2-3-9(10)13/h2-3,5,7H,4,6,14H2,1H3,(H,15,16). The number of amides is 1. The van der Waals surface area contributed by atoms with Crippen LogP contribution in [0.25, 0.3) is 0 Å². The first kappa shape index (κ1) is 12.6. The Balaban J connectivity index is 2.65. The van der Waals surface area contributed by atoms with E-state index in [0.29, 0.717) is 6.54 Å². The number of anilines is 1. The largest absolute Gasteiger partial charge is 0.330 e. The SMILES string of the molecule is CC(CN)CC(=O)Nc1cc(F)ccc1F. The Morgan fingerprint density at radius 2 is 2.19 bits per heavy atom. The summed E-state index contributed by atoms with van der Waals surface area (Å²) in [5.74, 6) is -1.61. The van der Waals surface area contributed by atoms with Crippen LogP contribution in [0.5, 0.6) is 0 Å². The molecule has 16 heavy (non-hydrogen) atoms. The molecule has 0 heterocycles. The Bertz CT molecular complexity index is 382. The van der Waals surface area contributed by atoms with Crippen molar-refractivity contribution in [3.63, 3.8) is 0 Å². The first-order chi connectivity index (χ1) is 7.52. The van der Waals surface area contributed by atoms with Gasteiger partial charge in [0.05, 0.1) is 5.69 Å². The number of hydrogen-bond donors (Lipinski definition) is 2. The van der Waals surface area contributed by atoms with Crippen molar-refractivity contribution in [1.82, 2.24) is 0 Å². The second-order valence-corrected chi connectivity index (χ2v) is 3.72. The Labute approximate surface area is 92.6 Å². The van der Waals surface area contributed by atoms with Crippen LogP contribution in [0.4, 0.5) is 14.5 Å². The lowest BCUT2D eigenvalue weighted by Gasteiger charge is -2.09. The third kappa shape index (κ3) is 3.58. The van der Waals surface area contributed by atoms with Crippen LogP contribution in [0.1, 0.15) is 13.3 Å². The topological polar surface area (TPSA) is 55.1 Å². The molecule has 3 nitrogen and oxygen atoms in total. The smallest absolute Gasteiger partial charge is 0.224 e. The fourth-order valence-corrected chi connectivity index (χ4v) is 1.19. The zero-order valence-corrected chi connectivity index (χ0v) is 8.97. The van der Waals surface area contributed by atoms with Crippen molar-refractivity contribution in [1.29, 1.82) is 0 Å². The molecular weight excluding hydrogens is 214 g/mol. The molecule has 88 valence electrons. The Morgan fingerprint density at radius 1 is 1.50 bits per heavy atom. The first-order valence-corrected chi connectivity index (χ1v) is 4.98. The molecule has 1 aromatic carbocycles. The zero-order chi connectivity index (χ0) is 12.1. The van der Waals surface area contributed by atoms with E-state index in [0.717, 1.165) is 18.2 Å². The van der Waals surface area contributed by atoms with Crippen LogP contribution in [0.2, 0.25) is 0 Å². The van der Waals surface area contributed by atoms with E-state index >= 15 is 0 Å². The van der Waals surface area contributed by atoms with E-state index in [-0.39, 0.29) is 23.9 Å². The van der Waals surface area contributed by atoms with Gasteiger partial charge in [-0.3, -0.25) is 4.79 Å². The van der Waals surface area contributed by atoms with Gasteiger partial charge in [0.15, 0.2) is 0 Å². The molecule has 1 atom stereocenters. The fraction of sp³-hybridized carbons (Fsp3) is 0.364. The summed E-state index contributed by atoms with van der Waals surface area (Å²) in [7, 11) is 0. The second-order valence-electron chi connectivity index (χ2n) is 3.72. The monoisotopic (exact) mass is 228 g/mol. The summed E-state index contributed by atoms with van der Waals surface area (Å²) in [4.78, 5) is 11.4. The molecule has 0 fully saturated rings. The molecular formula is C11H14F2N2O. The maximum absolute atomic E-state index is 13.1. The van der Waals surface area contributed by atoms with Gasteiger partial charge in [0.25, 0.3) is 0 Å². The van der Waals surface area contributed by atoms with E-state index in [1.807, 2.05) is 6.92 Å². The van der Waals surface area contributed by atoms with Gasteiger partial charge in [-0.25, -0.2) is 8.78 Å². The highest BCUT2D eigenvalue weighted by Gasteiger charge is 2.10. The average molecular weight is 228 g/mol. The molecule has 0 saturated heterocycles. The molecule has 1 unspecified atom stereocenters. The zero-order valence-electron chi connectivity index (χ0n) is 8.97. The molecule has 1 amide bonds. The van der Waals surface area contributed by atoms with E-state index in [2.05, 4.69) is 5.32 Å². The van der Waals surface area contributed by atoms with Gasteiger partial charge >= 0.3 is 0 Å². The normalized spacial score (nSPS) is 12.2. The summed E-state index contributed by atoms with van der Waals surface area (Å²) in [6.45, 7) is 2.18. The Hall–Kier alpha value is -1.49. The molecule has 0 saturated carbocycles. The van der Waals surface area contributed by atoms with Crippen molar-refractivity contribution in [2.75, 3.05) is 11.9 Å². The number of benzene rings is 1. The van der Waals surface area contributed by atoms with Crippen molar-refractivity contribution in [2.24, 2.45) is 11.7 Å². The minimum atomic E-state index is -0.657. The molecule has 0 bridgehead atoms. The Kier molecular flexibility index (Phi) is 4.37. The summed E-state index contributed by atoms with van der Waals surface area (Å²) in [6.07, 6.45) is 0.187. The van der Waals surface area contributed by atoms with Crippen molar-refractivity contribution < 1.29 is 13.6 Å². The second kappa shape index (κ2) is 5.55. The van der Waals surface area contributed by atoms with Crippen LogP contribution < -0.4 is 11.1 Å². The predicted octanol–water partition coefficient (Wildman–Crippen LogP) is 1.89. The van der Waals surface area contributed by atoms with Gasteiger partial charge in [0, 0.05) is 12.5 Å². The molecule has 0 aromatic heterocycles. The number of nitrogens with one attached hydrogen (secondary N) is 1. The van der Waals surface area contributed by atoms with Crippen LogP contribution in [0.3, 0.4) is 0 Å². The van der Waals surface area contributed by atoms with Gasteiger partial charge < -0.3 is 11.1 Å². The van der Waals surface area contributed by atoms with Crippen molar-refractivity contribution in [2.45, 2.75) is 13.3 Å². The third-order valence-electron chi connectivity index (χ3n) is 2.14. The van der Waals surface area contributed by atoms with E-state index in [1.54, 1.807) is 0 Å². The van der Waals surface area contributed by atoms with E-state index in [1.165, 1.54) is 0 Å². The number of carbonyl (C=O) groups excluding carboxylic acids is 1. The summed E-state index contributed by atoms with van der Waals surface area (Å²) in [5.41, 5.74) is 5.21. The minimum absolute atomic E-state index is 0.0108. The van der Waals surface area contributed by atoms with Crippen molar-refractivity contribution >= 4 is 11.6 Å². The van der Waals surface area contributed by atoms with Crippen LogP contribution in [0, 0.1) is 17.6 Å². The lowest BCUT2D eigenvalue weighted by atomic mass is 10.1. The number of halogens is 2. The van der Waals surface area contributed by atoms with Gasteiger partial charge in [-0.15, -0.1) is 0 Å². The maximum Gasteiger partial charge on any atom is 0.224 e. The molecule has 0 radical (unpaired) electrons. The van der Waals surface area contributed by atoms with Crippen LogP contribution in [0.15, 0.2) is 18.2 Å². The van der Waals surface area contributed by atoms with Gasteiger partial charge in [-0.1, -0.05) is 6.92 Å². The molecule has 1 rings (SSSR count). The maximum atomic E-state index is 13.1. The quantitative estimate of drug-likeness (QED) is 0.826. The average Bonchev–Trinajstić information content (AvgIpc) is 2.23. The fourth-order valence-electron chi connectivity index (χ4n) is 1.19. The van der Waals surface area contributed by atoms with E-state index in [9.17, 15) is 13.6 Å². The molecule has 1 aromatic rings. The molecule has 0 aliphatic carbocycles. The highest BCUT2D eigenvalue weighted by atomic mass is 19.1. The van der Waals surface area contributed by atoms with E-state index in [4.69, 9.17) is 5.73 Å². The third-order valence-corrected chi connectivity index (χ3v) is 2.14. The molecule has 3 N–H and O–H groups in total. The molecule has 0 spiro atoms. The minimum Gasteiger partial charge on any atom is -0.330 e. The summed E-state index contributed by atoms with van der Waals surface area (Å²) in [5, 5.41) is 2.31. The number of nitrogens with two attached hydrogens (primary N) is 1. The van der Waals surface area contributed by atoms with Crippen LogP contribution >= 0.6 is 0 Å². The van der Waals surface area contributed by atoms with Gasteiger partial charge in [-0.05, 0) is 24.6 Å².